The van der Waals surface area contributed by atoms with Crippen molar-refractivity contribution in [1.82, 2.24) is 5.32 Å². The molecule has 1 saturated carbocycles. The number of nitrogens with two attached hydrogens (primary N) is 1. The van der Waals surface area contributed by atoms with Crippen LogP contribution in [0.4, 0.5) is 5.69 Å². The van der Waals surface area contributed by atoms with E-state index in [1.807, 2.05) is 39.0 Å². The van der Waals surface area contributed by atoms with Crippen LogP contribution in [-0.2, 0) is 16.1 Å². The number of rotatable bonds is 6. The van der Waals surface area contributed by atoms with Crippen LogP contribution in [0.15, 0.2) is 24.3 Å². The zero-order valence-electron chi connectivity index (χ0n) is 15.3. The van der Waals surface area contributed by atoms with E-state index in [1.165, 1.54) is 19.3 Å². The summed E-state index contributed by atoms with van der Waals surface area (Å²) < 4.78 is 5.41. The predicted molar refractivity (Wildman–Crippen MR) is 98.5 cm³/mol. The molecule has 134 valence electrons. The third-order valence-electron chi connectivity index (χ3n) is 4.60. The van der Waals surface area contributed by atoms with E-state index in [2.05, 4.69) is 11.4 Å². The number of hydrogen-bond donors (Lipinski definition) is 2. The molecule has 0 bridgehead atoms. The van der Waals surface area contributed by atoms with E-state index in [0.29, 0.717) is 18.4 Å². The van der Waals surface area contributed by atoms with Crippen LogP contribution < -0.4 is 11.1 Å². The van der Waals surface area contributed by atoms with Crippen molar-refractivity contribution in [3.8, 4) is 0 Å². The number of anilines is 1. The molecule has 0 spiro atoms. The molecule has 0 amide bonds. The molecule has 4 nitrogen and oxygen atoms in total. The third-order valence-corrected chi connectivity index (χ3v) is 4.60. The number of carbonyl (C=O) groups is 1. The molecular formula is C20H32N2O2. The standard InChI is InChI=1S/C20H32N2O2/c1-20(2,3)24-19(23)12-11-15-7-6-9-17(13-15)22-14-16-8-4-5-10-18(16)21/h4-5,8,10,15,17,22H,6-7,9,11-14,21H2,1-3H3/t15?,17-/m1/s1. The highest BCUT2D eigenvalue weighted by Crippen LogP contribution is 2.28. The number of ether oxygens (including phenoxy) is 1. The summed E-state index contributed by atoms with van der Waals surface area (Å²) in [5, 5.41) is 3.64. The van der Waals surface area contributed by atoms with Gasteiger partial charge in [-0.15, -0.1) is 0 Å². The van der Waals surface area contributed by atoms with Gasteiger partial charge in [0.05, 0.1) is 0 Å². The van der Waals surface area contributed by atoms with E-state index >= 15 is 0 Å². The molecule has 1 aromatic rings. The summed E-state index contributed by atoms with van der Waals surface area (Å²) in [7, 11) is 0. The maximum Gasteiger partial charge on any atom is 0.306 e. The molecule has 1 aliphatic carbocycles. The average Bonchev–Trinajstić information content (AvgIpc) is 2.51. The first-order valence-electron chi connectivity index (χ1n) is 9.12. The van der Waals surface area contributed by atoms with Crippen molar-refractivity contribution < 1.29 is 9.53 Å². The van der Waals surface area contributed by atoms with E-state index in [4.69, 9.17) is 10.5 Å². The first kappa shape index (κ1) is 18.8. The molecule has 2 atom stereocenters. The van der Waals surface area contributed by atoms with Crippen molar-refractivity contribution in [2.75, 3.05) is 5.73 Å². The highest BCUT2D eigenvalue weighted by atomic mass is 16.6. The first-order valence-corrected chi connectivity index (χ1v) is 9.12. The summed E-state index contributed by atoms with van der Waals surface area (Å²) in [5.41, 5.74) is 7.63. The summed E-state index contributed by atoms with van der Waals surface area (Å²) in [6.45, 7) is 6.57. The van der Waals surface area contributed by atoms with Crippen LogP contribution in [-0.4, -0.2) is 17.6 Å². The van der Waals surface area contributed by atoms with Gasteiger partial charge in [0.1, 0.15) is 5.60 Å². The second-order valence-electron chi connectivity index (χ2n) is 7.93. The van der Waals surface area contributed by atoms with Gasteiger partial charge in [0.25, 0.3) is 0 Å². The van der Waals surface area contributed by atoms with Gasteiger partial charge in [-0.25, -0.2) is 0 Å². The number of esters is 1. The highest BCUT2D eigenvalue weighted by Gasteiger charge is 2.23. The minimum atomic E-state index is -0.386. The molecule has 4 heteroatoms. The van der Waals surface area contributed by atoms with Crippen LogP contribution in [0.3, 0.4) is 0 Å². The predicted octanol–water partition coefficient (Wildman–Crippen LogP) is 4.04. The Labute approximate surface area is 146 Å². The molecule has 24 heavy (non-hydrogen) atoms. The summed E-state index contributed by atoms with van der Waals surface area (Å²) >= 11 is 0. The fourth-order valence-corrected chi connectivity index (χ4v) is 3.40. The van der Waals surface area contributed by atoms with E-state index in [1.54, 1.807) is 0 Å². The lowest BCUT2D eigenvalue weighted by Crippen LogP contribution is -2.34. The molecule has 0 saturated heterocycles. The zero-order valence-corrected chi connectivity index (χ0v) is 15.3. The van der Waals surface area contributed by atoms with Crippen molar-refractivity contribution in [1.29, 1.82) is 0 Å². The van der Waals surface area contributed by atoms with Gasteiger partial charge in [-0.2, -0.15) is 0 Å². The second-order valence-corrected chi connectivity index (χ2v) is 7.93. The van der Waals surface area contributed by atoms with Crippen molar-refractivity contribution >= 4 is 11.7 Å². The number of hydrogen-bond acceptors (Lipinski definition) is 4. The number of nitrogens with one attached hydrogen (secondary N) is 1. The molecule has 1 fully saturated rings. The summed E-state index contributed by atoms with van der Waals surface area (Å²) in [6.07, 6.45) is 6.24. The van der Waals surface area contributed by atoms with Gasteiger partial charge >= 0.3 is 5.97 Å². The summed E-state index contributed by atoms with van der Waals surface area (Å²) in [6, 6.07) is 8.53. The first-order chi connectivity index (χ1) is 11.3. The molecule has 2 rings (SSSR count). The monoisotopic (exact) mass is 332 g/mol. The fourth-order valence-electron chi connectivity index (χ4n) is 3.40. The zero-order chi connectivity index (χ0) is 17.6. The van der Waals surface area contributed by atoms with E-state index in [0.717, 1.165) is 30.6 Å². The van der Waals surface area contributed by atoms with Gasteiger partial charge in [0, 0.05) is 24.7 Å². The Morgan fingerprint density at radius 2 is 2.04 bits per heavy atom. The van der Waals surface area contributed by atoms with E-state index in [-0.39, 0.29) is 11.6 Å². The molecule has 0 aromatic heterocycles. The Kier molecular flexibility index (Phi) is 6.67. The lowest BCUT2D eigenvalue weighted by atomic mass is 9.83. The van der Waals surface area contributed by atoms with Crippen LogP contribution in [0.25, 0.3) is 0 Å². The largest absolute Gasteiger partial charge is 0.460 e. The number of para-hydroxylation sites is 1. The van der Waals surface area contributed by atoms with Crippen LogP contribution in [0, 0.1) is 5.92 Å². The van der Waals surface area contributed by atoms with Gasteiger partial charge in [0.15, 0.2) is 0 Å². The topological polar surface area (TPSA) is 64.3 Å². The SMILES string of the molecule is CC(C)(C)OC(=O)CCC1CCC[C@@H](NCc2ccccc2N)C1. The lowest BCUT2D eigenvalue weighted by molar-refractivity contribution is -0.155. The minimum Gasteiger partial charge on any atom is -0.460 e. The van der Waals surface area contributed by atoms with Gasteiger partial charge in [0.2, 0.25) is 0 Å². The van der Waals surface area contributed by atoms with E-state index in [9.17, 15) is 4.79 Å². The maximum absolute atomic E-state index is 11.9. The van der Waals surface area contributed by atoms with E-state index < -0.39 is 0 Å². The molecule has 1 aromatic carbocycles. The second kappa shape index (κ2) is 8.52. The molecule has 1 unspecified atom stereocenters. The minimum absolute atomic E-state index is 0.0744. The van der Waals surface area contributed by atoms with Crippen molar-refractivity contribution in [3.63, 3.8) is 0 Å². The molecule has 3 N–H and O–H groups in total. The average molecular weight is 332 g/mol. The fraction of sp³-hybridized carbons (Fsp3) is 0.650. The van der Waals surface area contributed by atoms with Crippen LogP contribution in [0.5, 0.6) is 0 Å². The molecule has 0 radical (unpaired) electrons. The maximum atomic E-state index is 11.9. The number of nitrogen functional groups attached to an aromatic ring is 1. The number of carbonyl (C=O) groups excluding carboxylic acids is 1. The Morgan fingerprint density at radius 1 is 1.29 bits per heavy atom. The quantitative estimate of drug-likeness (QED) is 0.609. The normalized spacial score (nSPS) is 21.5. The lowest BCUT2D eigenvalue weighted by Gasteiger charge is -2.30. The van der Waals surface area contributed by atoms with Gasteiger partial charge in [-0.3, -0.25) is 4.79 Å². The van der Waals surface area contributed by atoms with Crippen molar-refractivity contribution in [3.05, 3.63) is 29.8 Å². The Morgan fingerprint density at radius 3 is 2.75 bits per heavy atom. The van der Waals surface area contributed by atoms with Gasteiger partial charge in [-0.1, -0.05) is 31.0 Å². The Balaban J connectivity index is 1.73. The summed E-state index contributed by atoms with van der Waals surface area (Å²) in [4.78, 5) is 11.9. The van der Waals surface area contributed by atoms with Crippen molar-refractivity contribution in [2.24, 2.45) is 5.92 Å². The molecule has 0 aliphatic heterocycles. The van der Waals surface area contributed by atoms with Gasteiger partial charge < -0.3 is 15.8 Å². The van der Waals surface area contributed by atoms with Crippen LogP contribution in [0.1, 0.15) is 64.9 Å². The van der Waals surface area contributed by atoms with Crippen LogP contribution in [0.2, 0.25) is 0 Å². The molecular weight excluding hydrogens is 300 g/mol. The van der Waals surface area contributed by atoms with Crippen LogP contribution >= 0.6 is 0 Å². The van der Waals surface area contributed by atoms with Gasteiger partial charge in [-0.05, 0) is 57.6 Å². The molecule has 0 heterocycles. The smallest absolute Gasteiger partial charge is 0.306 e. The Bertz CT molecular complexity index is 537. The summed E-state index contributed by atoms with van der Waals surface area (Å²) in [5.74, 6) is 0.534. The molecule has 1 aliphatic rings. The van der Waals surface area contributed by atoms with Crippen molar-refractivity contribution in [2.45, 2.75) is 77.5 Å². The number of benzene rings is 1. The third kappa shape index (κ3) is 6.52. The highest BCUT2D eigenvalue weighted by molar-refractivity contribution is 5.69. The Hall–Kier alpha value is -1.55.